The van der Waals surface area contributed by atoms with Gasteiger partial charge in [0.25, 0.3) is 0 Å². The first-order valence-electron chi connectivity index (χ1n) is 6.43. The van der Waals surface area contributed by atoms with Crippen LogP contribution in [-0.2, 0) is 9.47 Å². The summed E-state index contributed by atoms with van der Waals surface area (Å²) in [4.78, 5) is 0. The van der Waals surface area contributed by atoms with Crippen LogP contribution in [0, 0.1) is 0 Å². The van der Waals surface area contributed by atoms with Gasteiger partial charge in [-0.05, 0) is 33.1 Å². The minimum absolute atomic E-state index is 0.264. The minimum Gasteiger partial charge on any atom is -0.385 e. The fourth-order valence-corrected chi connectivity index (χ4v) is 2.62. The first-order valence-corrected chi connectivity index (χ1v) is 6.43. The SMILES string of the molecule is COCCC1(NC(C)C(C)OC)CCCC1. The third kappa shape index (κ3) is 3.72. The molecule has 1 N–H and O–H groups in total. The number of hydrogen-bond donors (Lipinski definition) is 1. The van der Waals surface area contributed by atoms with E-state index in [1.165, 1.54) is 25.7 Å². The molecular formula is C13H27NO2. The van der Waals surface area contributed by atoms with Gasteiger partial charge in [-0.2, -0.15) is 0 Å². The largest absolute Gasteiger partial charge is 0.385 e. The molecule has 3 heteroatoms. The van der Waals surface area contributed by atoms with Crippen LogP contribution in [-0.4, -0.2) is 38.5 Å². The highest BCUT2D eigenvalue weighted by Gasteiger charge is 2.35. The molecule has 1 rings (SSSR count). The van der Waals surface area contributed by atoms with Crippen molar-refractivity contribution < 1.29 is 9.47 Å². The zero-order chi connectivity index (χ0) is 12.0. The van der Waals surface area contributed by atoms with Crippen LogP contribution in [0.4, 0.5) is 0 Å². The van der Waals surface area contributed by atoms with Gasteiger partial charge >= 0.3 is 0 Å². The predicted molar refractivity (Wildman–Crippen MR) is 66.8 cm³/mol. The molecule has 2 atom stereocenters. The fourth-order valence-electron chi connectivity index (χ4n) is 2.62. The molecule has 0 radical (unpaired) electrons. The van der Waals surface area contributed by atoms with Gasteiger partial charge in [0.1, 0.15) is 0 Å². The maximum absolute atomic E-state index is 5.38. The predicted octanol–water partition coefficient (Wildman–Crippen LogP) is 2.35. The van der Waals surface area contributed by atoms with E-state index in [1.807, 2.05) is 0 Å². The summed E-state index contributed by atoms with van der Waals surface area (Å²) in [6, 6.07) is 0.403. The summed E-state index contributed by atoms with van der Waals surface area (Å²) in [5.41, 5.74) is 0.294. The lowest BCUT2D eigenvalue weighted by Gasteiger charge is -2.35. The highest BCUT2D eigenvalue weighted by molar-refractivity contribution is 4.95. The van der Waals surface area contributed by atoms with Crippen LogP contribution in [0.25, 0.3) is 0 Å². The second-order valence-corrected chi connectivity index (χ2v) is 5.10. The van der Waals surface area contributed by atoms with Gasteiger partial charge in [0, 0.05) is 32.4 Å². The second kappa shape index (κ2) is 6.58. The quantitative estimate of drug-likeness (QED) is 0.727. The Morgan fingerprint density at radius 2 is 1.81 bits per heavy atom. The number of hydrogen-bond acceptors (Lipinski definition) is 3. The van der Waals surface area contributed by atoms with Crippen molar-refractivity contribution in [2.75, 3.05) is 20.8 Å². The van der Waals surface area contributed by atoms with E-state index in [-0.39, 0.29) is 6.10 Å². The zero-order valence-electron chi connectivity index (χ0n) is 11.2. The van der Waals surface area contributed by atoms with Crippen molar-refractivity contribution in [1.82, 2.24) is 5.32 Å². The van der Waals surface area contributed by atoms with E-state index in [0.717, 1.165) is 13.0 Å². The molecule has 0 aromatic rings. The van der Waals surface area contributed by atoms with Crippen LogP contribution in [0.2, 0.25) is 0 Å². The van der Waals surface area contributed by atoms with Gasteiger partial charge in [-0.25, -0.2) is 0 Å². The molecule has 0 aliphatic heterocycles. The Morgan fingerprint density at radius 3 is 2.31 bits per heavy atom. The van der Waals surface area contributed by atoms with Gasteiger partial charge in [0.05, 0.1) is 6.10 Å². The van der Waals surface area contributed by atoms with Crippen LogP contribution in [0.3, 0.4) is 0 Å². The molecule has 1 saturated carbocycles. The summed E-state index contributed by atoms with van der Waals surface area (Å²) in [5, 5.41) is 3.77. The van der Waals surface area contributed by atoms with Crippen LogP contribution < -0.4 is 5.32 Å². The fraction of sp³-hybridized carbons (Fsp3) is 1.00. The standard InChI is InChI=1S/C13H27NO2/c1-11(12(2)16-4)14-13(9-10-15-3)7-5-6-8-13/h11-12,14H,5-10H2,1-4H3. The Hall–Kier alpha value is -0.120. The highest BCUT2D eigenvalue weighted by Crippen LogP contribution is 2.33. The number of nitrogens with one attached hydrogen (secondary N) is 1. The smallest absolute Gasteiger partial charge is 0.0693 e. The van der Waals surface area contributed by atoms with Gasteiger partial charge in [-0.3, -0.25) is 0 Å². The van der Waals surface area contributed by atoms with E-state index in [4.69, 9.17) is 9.47 Å². The summed E-state index contributed by atoms with van der Waals surface area (Å²) in [7, 11) is 3.56. The Balaban J connectivity index is 2.49. The molecule has 0 aromatic heterocycles. The first kappa shape index (κ1) is 13.9. The Bertz CT molecular complexity index is 190. The van der Waals surface area contributed by atoms with Gasteiger partial charge in [-0.1, -0.05) is 12.8 Å². The van der Waals surface area contributed by atoms with E-state index >= 15 is 0 Å². The van der Waals surface area contributed by atoms with Crippen LogP contribution in [0.1, 0.15) is 46.0 Å². The lowest BCUT2D eigenvalue weighted by molar-refractivity contribution is 0.0672. The maximum atomic E-state index is 5.38. The topological polar surface area (TPSA) is 30.5 Å². The second-order valence-electron chi connectivity index (χ2n) is 5.10. The molecule has 3 nitrogen and oxygen atoms in total. The highest BCUT2D eigenvalue weighted by atomic mass is 16.5. The van der Waals surface area contributed by atoms with Crippen molar-refractivity contribution in [3.8, 4) is 0 Å². The normalized spacial score (nSPS) is 23.2. The van der Waals surface area contributed by atoms with Crippen LogP contribution in [0.5, 0.6) is 0 Å². The maximum Gasteiger partial charge on any atom is 0.0693 e. The molecule has 96 valence electrons. The number of methoxy groups -OCH3 is 2. The van der Waals surface area contributed by atoms with Crippen molar-refractivity contribution >= 4 is 0 Å². The molecule has 0 amide bonds. The van der Waals surface area contributed by atoms with E-state index in [2.05, 4.69) is 19.2 Å². The first-order chi connectivity index (χ1) is 7.63. The third-order valence-electron chi connectivity index (χ3n) is 3.96. The van der Waals surface area contributed by atoms with Gasteiger partial charge in [0.15, 0.2) is 0 Å². The molecule has 0 heterocycles. The molecule has 0 aromatic carbocycles. The summed E-state index contributed by atoms with van der Waals surface area (Å²) >= 11 is 0. The van der Waals surface area contributed by atoms with E-state index in [9.17, 15) is 0 Å². The summed E-state index contributed by atoms with van der Waals surface area (Å²) in [6.07, 6.45) is 6.61. The molecule has 2 unspecified atom stereocenters. The van der Waals surface area contributed by atoms with Crippen molar-refractivity contribution in [3.63, 3.8) is 0 Å². The Labute approximate surface area is 99.9 Å². The number of ether oxygens (including phenoxy) is 2. The van der Waals surface area contributed by atoms with Gasteiger partial charge in [-0.15, -0.1) is 0 Å². The number of rotatable bonds is 7. The molecule has 0 saturated heterocycles. The van der Waals surface area contributed by atoms with E-state index < -0.39 is 0 Å². The van der Waals surface area contributed by atoms with Gasteiger partial charge in [0.2, 0.25) is 0 Å². The van der Waals surface area contributed by atoms with Crippen molar-refractivity contribution in [3.05, 3.63) is 0 Å². The third-order valence-corrected chi connectivity index (χ3v) is 3.96. The molecule has 1 aliphatic rings. The zero-order valence-corrected chi connectivity index (χ0v) is 11.2. The molecule has 1 fully saturated rings. The summed E-state index contributed by atoms with van der Waals surface area (Å²) < 4.78 is 10.6. The molecular weight excluding hydrogens is 202 g/mol. The Morgan fingerprint density at radius 1 is 1.19 bits per heavy atom. The molecule has 16 heavy (non-hydrogen) atoms. The van der Waals surface area contributed by atoms with Crippen molar-refractivity contribution in [1.29, 1.82) is 0 Å². The van der Waals surface area contributed by atoms with E-state index in [0.29, 0.717) is 11.6 Å². The minimum atomic E-state index is 0.264. The lowest BCUT2D eigenvalue weighted by atomic mass is 9.92. The summed E-state index contributed by atoms with van der Waals surface area (Å²) in [6.45, 7) is 5.18. The van der Waals surface area contributed by atoms with Crippen molar-refractivity contribution in [2.45, 2.75) is 63.6 Å². The van der Waals surface area contributed by atoms with E-state index in [1.54, 1.807) is 14.2 Å². The summed E-state index contributed by atoms with van der Waals surface area (Å²) in [5.74, 6) is 0. The van der Waals surface area contributed by atoms with Crippen LogP contribution in [0.15, 0.2) is 0 Å². The van der Waals surface area contributed by atoms with Gasteiger partial charge < -0.3 is 14.8 Å². The Kier molecular flexibility index (Phi) is 5.73. The lowest BCUT2D eigenvalue weighted by Crippen LogP contribution is -2.51. The average Bonchev–Trinajstić information content (AvgIpc) is 2.74. The molecule has 0 spiro atoms. The van der Waals surface area contributed by atoms with Crippen LogP contribution >= 0.6 is 0 Å². The molecule has 0 bridgehead atoms. The van der Waals surface area contributed by atoms with Crippen molar-refractivity contribution in [2.24, 2.45) is 0 Å². The monoisotopic (exact) mass is 229 g/mol. The molecule has 1 aliphatic carbocycles. The average molecular weight is 229 g/mol.